The average Bonchev–Trinajstić information content (AvgIpc) is 2.71. The first-order valence-electron chi connectivity index (χ1n) is 8.85. The number of aromatic nitrogens is 2. The normalized spacial score (nSPS) is 10.9. The summed E-state index contributed by atoms with van der Waals surface area (Å²) in [6.45, 7) is 0.569. The predicted molar refractivity (Wildman–Crippen MR) is 112 cm³/mol. The summed E-state index contributed by atoms with van der Waals surface area (Å²) in [6.07, 6.45) is 3.17. The molecule has 0 aliphatic heterocycles. The van der Waals surface area contributed by atoms with E-state index in [9.17, 15) is 10.1 Å². The van der Waals surface area contributed by atoms with Gasteiger partial charge < -0.3 is 10.2 Å². The largest absolute Gasteiger partial charge is 0.380 e. The molecule has 0 saturated heterocycles. The quantitative estimate of drug-likeness (QED) is 0.413. The molecule has 4 aromatic rings. The van der Waals surface area contributed by atoms with Crippen molar-refractivity contribution in [3.05, 3.63) is 76.6 Å². The smallest absolute Gasteiger partial charge is 0.278 e. The van der Waals surface area contributed by atoms with Gasteiger partial charge in [-0.05, 0) is 29.8 Å². The van der Waals surface area contributed by atoms with E-state index in [-0.39, 0.29) is 10.6 Å². The number of nitro benzene ring substituents is 1. The number of nitrogens with one attached hydrogen (secondary N) is 1. The number of anilines is 2. The molecular weight excluding hydrogens is 354 g/mol. The molecule has 4 rings (SSSR count). The average molecular weight is 373 g/mol. The maximum atomic E-state index is 11.3. The fourth-order valence-corrected chi connectivity index (χ4v) is 3.29. The number of rotatable bonds is 5. The van der Waals surface area contributed by atoms with Gasteiger partial charge in [0.25, 0.3) is 5.69 Å². The minimum absolute atomic E-state index is 0.0536. The van der Waals surface area contributed by atoms with Crippen molar-refractivity contribution in [1.82, 2.24) is 9.97 Å². The zero-order valence-electron chi connectivity index (χ0n) is 15.6. The van der Waals surface area contributed by atoms with Gasteiger partial charge in [0, 0.05) is 55.6 Å². The third-order valence-electron chi connectivity index (χ3n) is 4.71. The van der Waals surface area contributed by atoms with Crippen molar-refractivity contribution in [3.8, 4) is 0 Å². The van der Waals surface area contributed by atoms with Crippen LogP contribution in [0.1, 0.15) is 5.56 Å². The van der Waals surface area contributed by atoms with Crippen LogP contribution in [0.3, 0.4) is 0 Å². The lowest BCUT2D eigenvalue weighted by Crippen LogP contribution is -2.12. The molecule has 2 heterocycles. The number of non-ortho nitro benzene ring substituents is 1. The molecule has 7 nitrogen and oxygen atoms in total. The Bertz CT molecular complexity index is 1190. The second kappa shape index (κ2) is 7.11. The molecule has 0 unspecified atom stereocenters. The Labute approximate surface area is 161 Å². The van der Waals surface area contributed by atoms with Crippen LogP contribution in [0, 0.1) is 10.1 Å². The molecule has 140 valence electrons. The van der Waals surface area contributed by atoms with Gasteiger partial charge in [0.2, 0.25) is 0 Å². The molecule has 28 heavy (non-hydrogen) atoms. The monoisotopic (exact) mass is 373 g/mol. The number of pyridine rings is 2. The summed E-state index contributed by atoms with van der Waals surface area (Å²) in [6, 6.07) is 15.1. The van der Waals surface area contributed by atoms with Gasteiger partial charge in [-0.2, -0.15) is 0 Å². The number of benzene rings is 2. The Morgan fingerprint density at radius 1 is 1.07 bits per heavy atom. The van der Waals surface area contributed by atoms with Crippen molar-refractivity contribution < 1.29 is 4.92 Å². The van der Waals surface area contributed by atoms with Gasteiger partial charge in [-0.3, -0.25) is 15.1 Å². The van der Waals surface area contributed by atoms with E-state index in [0.29, 0.717) is 11.9 Å². The Morgan fingerprint density at radius 2 is 1.89 bits per heavy atom. The van der Waals surface area contributed by atoms with Crippen LogP contribution < -0.4 is 10.2 Å². The maximum Gasteiger partial charge on any atom is 0.278 e. The minimum Gasteiger partial charge on any atom is -0.380 e. The van der Waals surface area contributed by atoms with Crippen LogP contribution in [0.5, 0.6) is 0 Å². The summed E-state index contributed by atoms with van der Waals surface area (Å²) in [5.41, 5.74) is 2.92. The highest BCUT2D eigenvalue weighted by Gasteiger charge is 2.15. The van der Waals surface area contributed by atoms with Crippen LogP contribution in [-0.4, -0.2) is 29.0 Å². The Hall–Kier alpha value is -3.74. The van der Waals surface area contributed by atoms with Gasteiger partial charge in [0.1, 0.15) is 5.82 Å². The van der Waals surface area contributed by atoms with Crippen molar-refractivity contribution >= 4 is 38.9 Å². The van der Waals surface area contributed by atoms with Crippen LogP contribution in [0.4, 0.5) is 17.2 Å². The first-order chi connectivity index (χ1) is 13.5. The SMILES string of the molecule is CN(C)c1cc(CNc2ccc([N+](=O)[O-])c3cnccc23)c2ccccc2n1. The fraction of sp³-hybridized carbons (Fsp3) is 0.143. The molecule has 0 aliphatic carbocycles. The lowest BCUT2D eigenvalue weighted by molar-refractivity contribution is -0.383. The molecule has 2 aromatic carbocycles. The number of fused-ring (bicyclic) bond motifs is 2. The van der Waals surface area contributed by atoms with Crippen molar-refractivity contribution in [2.75, 3.05) is 24.3 Å². The first kappa shape index (κ1) is 17.7. The standard InChI is InChI=1S/C21H19N5O2/c1-25(2)21-11-14(15-5-3-4-6-19(15)24-21)12-23-18-7-8-20(26(27)28)17-13-22-10-9-16(17)18/h3-11,13,23H,12H2,1-2H3. The highest BCUT2D eigenvalue weighted by molar-refractivity contribution is 5.99. The van der Waals surface area contributed by atoms with E-state index in [1.807, 2.05) is 37.2 Å². The molecular formula is C21H19N5O2. The number of nitrogens with zero attached hydrogens (tertiary/aromatic N) is 4. The van der Waals surface area contributed by atoms with E-state index in [1.54, 1.807) is 18.3 Å². The summed E-state index contributed by atoms with van der Waals surface area (Å²) in [5, 5.41) is 17.1. The number of hydrogen-bond donors (Lipinski definition) is 1. The van der Waals surface area contributed by atoms with Crippen LogP contribution in [-0.2, 0) is 6.54 Å². The second-order valence-corrected chi connectivity index (χ2v) is 6.72. The first-order valence-corrected chi connectivity index (χ1v) is 8.85. The molecule has 0 bridgehead atoms. The Morgan fingerprint density at radius 3 is 2.68 bits per heavy atom. The van der Waals surface area contributed by atoms with Crippen LogP contribution in [0.15, 0.2) is 60.9 Å². The highest BCUT2D eigenvalue weighted by Crippen LogP contribution is 2.31. The third kappa shape index (κ3) is 3.18. The van der Waals surface area contributed by atoms with Gasteiger partial charge in [-0.25, -0.2) is 4.98 Å². The molecule has 0 saturated carbocycles. The zero-order valence-corrected chi connectivity index (χ0v) is 15.6. The van der Waals surface area contributed by atoms with E-state index in [2.05, 4.69) is 27.4 Å². The summed E-state index contributed by atoms with van der Waals surface area (Å²) >= 11 is 0. The molecule has 0 aliphatic rings. The lowest BCUT2D eigenvalue weighted by Gasteiger charge is -2.16. The van der Waals surface area contributed by atoms with E-state index < -0.39 is 0 Å². The summed E-state index contributed by atoms with van der Waals surface area (Å²) in [5.74, 6) is 0.883. The van der Waals surface area contributed by atoms with E-state index in [4.69, 9.17) is 0 Å². The number of nitro groups is 1. The molecule has 2 aromatic heterocycles. The predicted octanol–water partition coefficient (Wildman–Crippen LogP) is 4.37. The highest BCUT2D eigenvalue weighted by atomic mass is 16.6. The van der Waals surface area contributed by atoms with Crippen molar-refractivity contribution in [2.24, 2.45) is 0 Å². The van der Waals surface area contributed by atoms with Crippen molar-refractivity contribution in [2.45, 2.75) is 6.54 Å². The maximum absolute atomic E-state index is 11.3. The van der Waals surface area contributed by atoms with Crippen LogP contribution in [0.25, 0.3) is 21.7 Å². The molecule has 0 fully saturated rings. The molecule has 0 atom stereocenters. The molecule has 1 N–H and O–H groups in total. The van der Waals surface area contributed by atoms with Gasteiger partial charge in [-0.15, -0.1) is 0 Å². The molecule has 0 spiro atoms. The van der Waals surface area contributed by atoms with E-state index in [0.717, 1.165) is 33.4 Å². The zero-order chi connectivity index (χ0) is 19.7. The number of para-hydroxylation sites is 1. The Balaban J connectivity index is 1.74. The second-order valence-electron chi connectivity index (χ2n) is 6.72. The lowest BCUT2D eigenvalue weighted by atomic mass is 10.1. The Kier molecular flexibility index (Phi) is 4.49. The molecule has 0 radical (unpaired) electrons. The summed E-state index contributed by atoms with van der Waals surface area (Å²) in [4.78, 5) is 21.6. The summed E-state index contributed by atoms with van der Waals surface area (Å²) < 4.78 is 0. The van der Waals surface area contributed by atoms with Crippen LogP contribution in [0.2, 0.25) is 0 Å². The van der Waals surface area contributed by atoms with Crippen molar-refractivity contribution in [3.63, 3.8) is 0 Å². The van der Waals surface area contributed by atoms with Gasteiger partial charge in [0.15, 0.2) is 0 Å². The third-order valence-corrected chi connectivity index (χ3v) is 4.71. The van der Waals surface area contributed by atoms with Crippen molar-refractivity contribution in [1.29, 1.82) is 0 Å². The minimum atomic E-state index is -0.381. The van der Waals surface area contributed by atoms with E-state index in [1.165, 1.54) is 12.3 Å². The topological polar surface area (TPSA) is 84.2 Å². The van der Waals surface area contributed by atoms with Gasteiger partial charge in [-0.1, -0.05) is 18.2 Å². The molecule has 7 heteroatoms. The molecule has 0 amide bonds. The van der Waals surface area contributed by atoms with Gasteiger partial charge >= 0.3 is 0 Å². The van der Waals surface area contributed by atoms with Gasteiger partial charge in [0.05, 0.1) is 15.8 Å². The fourth-order valence-electron chi connectivity index (χ4n) is 3.29. The van der Waals surface area contributed by atoms with E-state index >= 15 is 0 Å². The number of hydrogen-bond acceptors (Lipinski definition) is 6. The summed E-state index contributed by atoms with van der Waals surface area (Å²) in [7, 11) is 3.93. The van der Waals surface area contributed by atoms with Crippen LogP contribution >= 0.6 is 0 Å².